The highest BCUT2D eigenvalue weighted by Gasteiger charge is 2.31. The fourth-order valence-electron chi connectivity index (χ4n) is 2.64. The molecular weight excluding hydrogens is 336 g/mol. The summed E-state index contributed by atoms with van der Waals surface area (Å²) < 4.78 is 37.6. The van der Waals surface area contributed by atoms with E-state index in [2.05, 4.69) is 10.2 Å². The first-order chi connectivity index (χ1) is 9.46. The zero-order valence-electron chi connectivity index (χ0n) is 12.5. The van der Waals surface area contributed by atoms with E-state index < -0.39 is 12.6 Å². The van der Waals surface area contributed by atoms with E-state index in [1.54, 1.807) is 0 Å². The van der Waals surface area contributed by atoms with Crippen LogP contribution in [0.3, 0.4) is 0 Å². The standard InChI is InChI=1S/C15H21F3N2.2ClH/c1-12-2-4-13(5-3-12)14(6-7-15(16,17)18)20-10-8-19-9-11-20;;/h2-5,14,19H,6-11H2,1H3;2*1H/t14-;;/m0../s1. The molecule has 0 saturated carbocycles. The van der Waals surface area contributed by atoms with Gasteiger partial charge in [-0.3, -0.25) is 4.90 Å². The number of alkyl halides is 3. The lowest BCUT2D eigenvalue weighted by Gasteiger charge is -2.35. The van der Waals surface area contributed by atoms with E-state index >= 15 is 0 Å². The fraction of sp³-hybridized carbons (Fsp3) is 0.600. The summed E-state index contributed by atoms with van der Waals surface area (Å²) in [5.41, 5.74) is 2.12. The first-order valence-electron chi connectivity index (χ1n) is 7.04. The molecule has 1 aromatic rings. The lowest BCUT2D eigenvalue weighted by atomic mass is 9.98. The quantitative estimate of drug-likeness (QED) is 0.870. The van der Waals surface area contributed by atoms with Crippen LogP contribution in [0.25, 0.3) is 0 Å². The minimum Gasteiger partial charge on any atom is -0.314 e. The normalized spacial score (nSPS) is 17.3. The van der Waals surface area contributed by atoms with Gasteiger partial charge in [-0.25, -0.2) is 0 Å². The second kappa shape index (κ2) is 9.60. The lowest BCUT2D eigenvalue weighted by Crippen LogP contribution is -2.45. The van der Waals surface area contributed by atoms with Gasteiger partial charge in [-0.05, 0) is 18.9 Å². The smallest absolute Gasteiger partial charge is 0.314 e. The van der Waals surface area contributed by atoms with Crippen molar-refractivity contribution in [1.82, 2.24) is 10.2 Å². The van der Waals surface area contributed by atoms with Crippen LogP contribution >= 0.6 is 24.8 Å². The first kappa shape index (κ1) is 21.5. The van der Waals surface area contributed by atoms with Crippen molar-refractivity contribution < 1.29 is 13.2 Å². The monoisotopic (exact) mass is 358 g/mol. The average Bonchev–Trinajstić information content (AvgIpc) is 2.41. The Hall–Kier alpha value is -0.490. The molecule has 2 rings (SSSR count). The molecule has 7 heteroatoms. The summed E-state index contributed by atoms with van der Waals surface area (Å²) in [6.07, 6.45) is -4.68. The average molecular weight is 359 g/mol. The van der Waals surface area contributed by atoms with Crippen molar-refractivity contribution in [2.24, 2.45) is 0 Å². The third-order valence-electron chi connectivity index (χ3n) is 3.76. The van der Waals surface area contributed by atoms with Crippen molar-refractivity contribution in [2.45, 2.75) is 32.0 Å². The van der Waals surface area contributed by atoms with E-state index in [1.165, 1.54) is 0 Å². The summed E-state index contributed by atoms with van der Waals surface area (Å²) >= 11 is 0. The SMILES string of the molecule is Cc1ccc([C@H](CCC(F)(F)F)N2CCNCC2)cc1.Cl.Cl. The predicted molar refractivity (Wildman–Crippen MR) is 88.1 cm³/mol. The minimum atomic E-state index is -4.09. The molecule has 1 saturated heterocycles. The maximum atomic E-state index is 12.5. The van der Waals surface area contributed by atoms with Crippen LogP contribution < -0.4 is 5.32 Å². The van der Waals surface area contributed by atoms with Crippen LogP contribution in [0.5, 0.6) is 0 Å². The van der Waals surface area contributed by atoms with Crippen molar-refractivity contribution in [2.75, 3.05) is 26.2 Å². The third kappa shape index (κ3) is 6.73. The summed E-state index contributed by atoms with van der Waals surface area (Å²) in [5.74, 6) is 0. The Morgan fingerprint density at radius 1 is 1.09 bits per heavy atom. The van der Waals surface area contributed by atoms with Crippen LogP contribution in [0, 0.1) is 6.92 Å². The lowest BCUT2D eigenvalue weighted by molar-refractivity contribution is -0.138. The highest BCUT2D eigenvalue weighted by atomic mass is 35.5. The molecule has 1 aliphatic heterocycles. The number of nitrogens with zero attached hydrogens (tertiary/aromatic N) is 1. The number of hydrogen-bond acceptors (Lipinski definition) is 2. The number of halogens is 5. The van der Waals surface area contributed by atoms with Gasteiger partial charge in [0.05, 0.1) is 0 Å². The van der Waals surface area contributed by atoms with E-state index in [1.807, 2.05) is 31.2 Å². The molecule has 0 aliphatic carbocycles. The molecule has 1 N–H and O–H groups in total. The topological polar surface area (TPSA) is 15.3 Å². The predicted octanol–water partition coefficient (Wildman–Crippen LogP) is 4.13. The summed E-state index contributed by atoms with van der Waals surface area (Å²) in [6, 6.07) is 7.71. The molecule has 0 spiro atoms. The maximum absolute atomic E-state index is 12.5. The molecule has 2 nitrogen and oxygen atoms in total. The number of benzene rings is 1. The van der Waals surface area contributed by atoms with Crippen LogP contribution in [0.2, 0.25) is 0 Å². The van der Waals surface area contributed by atoms with Crippen molar-refractivity contribution in [1.29, 1.82) is 0 Å². The van der Waals surface area contributed by atoms with Crippen LogP contribution in [0.15, 0.2) is 24.3 Å². The summed E-state index contributed by atoms with van der Waals surface area (Å²) in [6.45, 7) is 5.27. The highest BCUT2D eigenvalue weighted by molar-refractivity contribution is 5.85. The second-order valence-electron chi connectivity index (χ2n) is 5.37. The highest BCUT2D eigenvalue weighted by Crippen LogP contribution is 2.31. The van der Waals surface area contributed by atoms with Gasteiger partial charge in [0, 0.05) is 38.6 Å². The number of rotatable bonds is 4. The zero-order chi connectivity index (χ0) is 14.6. The number of aryl methyl sites for hydroxylation is 1. The second-order valence-corrected chi connectivity index (χ2v) is 5.37. The molecule has 0 amide bonds. The van der Waals surface area contributed by atoms with Gasteiger partial charge in [0.15, 0.2) is 0 Å². The Balaban J connectivity index is 0.00000220. The molecule has 0 bridgehead atoms. The Bertz CT molecular complexity index is 418. The van der Waals surface area contributed by atoms with Gasteiger partial charge in [-0.1, -0.05) is 29.8 Å². The van der Waals surface area contributed by atoms with Crippen molar-refractivity contribution in [3.05, 3.63) is 35.4 Å². The number of hydrogen-bond donors (Lipinski definition) is 1. The molecular formula is C15H23Cl2F3N2. The Morgan fingerprint density at radius 2 is 1.64 bits per heavy atom. The third-order valence-corrected chi connectivity index (χ3v) is 3.76. The summed E-state index contributed by atoms with van der Waals surface area (Å²) in [7, 11) is 0. The molecule has 1 atom stereocenters. The van der Waals surface area contributed by atoms with E-state index in [0.717, 1.165) is 37.3 Å². The van der Waals surface area contributed by atoms with Gasteiger partial charge in [-0.2, -0.15) is 13.2 Å². The molecule has 0 unspecified atom stereocenters. The van der Waals surface area contributed by atoms with Crippen molar-refractivity contribution >= 4 is 24.8 Å². The first-order valence-corrected chi connectivity index (χ1v) is 7.04. The molecule has 0 radical (unpaired) electrons. The van der Waals surface area contributed by atoms with Crippen molar-refractivity contribution in [3.8, 4) is 0 Å². The van der Waals surface area contributed by atoms with E-state index in [0.29, 0.717) is 0 Å². The van der Waals surface area contributed by atoms with Gasteiger partial charge < -0.3 is 5.32 Å². The van der Waals surface area contributed by atoms with Gasteiger partial charge >= 0.3 is 6.18 Å². The van der Waals surface area contributed by atoms with Gasteiger partial charge in [0.2, 0.25) is 0 Å². The summed E-state index contributed by atoms with van der Waals surface area (Å²) in [4.78, 5) is 2.16. The number of nitrogens with one attached hydrogen (secondary N) is 1. The van der Waals surface area contributed by atoms with E-state index in [-0.39, 0.29) is 37.3 Å². The Labute approximate surface area is 142 Å². The molecule has 0 aromatic heterocycles. The van der Waals surface area contributed by atoms with Crippen molar-refractivity contribution in [3.63, 3.8) is 0 Å². The zero-order valence-corrected chi connectivity index (χ0v) is 14.2. The maximum Gasteiger partial charge on any atom is 0.389 e. The van der Waals surface area contributed by atoms with Crippen LogP contribution in [-0.4, -0.2) is 37.3 Å². The summed E-state index contributed by atoms with van der Waals surface area (Å²) in [5, 5.41) is 3.24. The number of piperazine rings is 1. The Kier molecular flexibility index (Phi) is 9.39. The minimum absolute atomic E-state index is 0. The molecule has 128 valence electrons. The molecule has 1 heterocycles. The van der Waals surface area contributed by atoms with Gasteiger partial charge in [-0.15, -0.1) is 24.8 Å². The fourth-order valence-corrected chi connectivity index (χ4v) is 2.64. The van der Waals surface area contributed by atoms with Gasteiger partial charge in [0.1, 0.15) is 0 Å². The molecule has 1 aromatic carbocycles. The van der Waals surface area contributed by atoms with Gasteiger partial charge in [0.25, 0.3) is 0 Å². The van der Waals surface area contributed by atoms with Crippen LogP contribution in [0.1, 0.15) is 30.0 Å². The molecule has 1 fully saturated rings. The van der Waals surface area contributed by atoms with E-state index in [9.17, 15) is 13.2 Å². The largest absolute Gasteiger partial charge is 0.389 e. The van der Waals surface area contributed by atoms with Crippen LogP contribution in [0.4, 0.5) is 13.2 Å². The van der Waals surface area contributed by atoms with Crippen LogP contribution in [-0.2, 0) is 0 Å². The Morgan fingerprint density at radius 3 is 2.14 bits per heavy atom. The van der Waals surface area contributed by atoms with E-state index in [4.69, 9.17) is 0 Å². The molecule has 22 heavy (non-hydrogen) atoms. The molecule has 1 aliphatic rings.